The Balaban J connectivity index is 1.62. The Labute approximate surface area is 191 Å². The maximum absolute atomic E-state index is 14.4. The number of urea groups is 1. The first-order chi connectivity index (χ1) is 15.7. The number of halogens is 2. The van der Waals surface area contributed by atoms with Crippen LogP contribution in [0.2, 0.25) is 0 Å². The molecular weight excluding hydrogens is 454 g/mol. The molecule has 11 heteroatoms. The first kappa shape index (κ1) is 24.6. The standard InChI is InChI=1S/C22H26F2N4O4S/c1-2-26-33(31,32)18-8-9-20(24)19(12-18)21(29)28-10-4-5-15(14-28)13-25-22(30)27-17-7-3-6-16(23)11-17/h3,6-9,11-12,15,26H,2,4-5,10,13-14H2,1H3,(H2,25,27,30). The monoisotopic (exact) mass is 480 g/mol. The highest BCUT2D eigenvalue weighted by molar-refractivity contribution is 7.89. The van der Waals surface area contributed by atoms with E-state index in [9.17, 15) is 26.8 Å². The molecule has 1 atom stereocenters. The number of likely N-dealkylation sites (tertiary alicyclic amines) is 1. The number of amides is 3. The zero-order chi connectivity index (χ0) is 24.0. The van der Waals surface area contributed by atoms with Gasteiger partial charge in [-0.1, -0.05) is 13.0 Å². The molecule has 2 aromatic rings. The van der Waals surface area contributed by atoms with Crippen LogP contribution in [0.3, 0.4) is 0 Å². The second-order valence-corrected chi connectivity index (χ2v) is 9.51. The predicted molar refractivity (Wildman–Crippen MR) is 119 cm³/mol. The van der Waals surface area contributed by atoms with E-state index in [2.05, 4.69) is 15.4 Å². The van der Waals surface area contributed by atoms with Crippen LogP contribution >= 0.6 is 0 Å². The summed E-state index contributed by atoms with van der Waals surface area (Å²) in [7, 11) is -3.84. The number of hydrogen-bond donors (Lipinski definition) is 3. The predicted octanol–water partition coefficient (Wildman–Crippen LogP) is 2.94. The summed E-state index contributed by atoms with van der Waals surface area (Å²) in [5, 5.41) is 5.24. The van der Waals surface area contributed by atoms with Gasteiger partial charge in [-0.3, -0.25) is 4.79 Å². The molecule has 0 aliphatic carbocycles. The van der Waals surface area contributed by atoms with Crippen molar-refractivity contribution in [1.82, 2.24) is 14.9 Å². The van der Waals surface area contributed by atoms with Crippen molar-refractivity contribution in [2.45, 2.75) is 24.7 Å². The Kier molecular flexibility index (Phi) is 7.98. The molecule has 2 aromatic carbocycles. The fourth-order valence-corrected chi connectivity index (χ4v) is 4.74. The first-order valence-electron chi connectivity index (χ1n) is 10.6. The number of nitrogens with one attached hydrogen (secondary N) is 3. The third kappa shape index (κ3) is 6.48. The molecule has 8 nitrogen and oxygen atoms in total. The molecule has 33 heavy (non-hydrogen) atoms. The van der Waals surface area contributed by atoms with E-state index in [1.54, 1.807) is 13.0 Å². The largest absolute Gasteiger partial charge is 0.338 e. The molecule has 0 aromatic heterocycles. The van der Waals surface area contributed by atoms with Gasteiger partial charge in [-0.2, -0.15) is 0 Å². The quantitative estimate of drug-likeness (QED) is 0.566. The van der Waals surface area contributed by atoms with Gasteiger partial charge in [0.15, 0.2) is 0 Å². The minimum atomic E-state index is -3.84. The molecule has 0 radical (unpaired) electrons. The molecule has 1 fully saturated rings. The Morgan fingerprint density at radius 3 is 2.67 bits per heavy atom. The van der Waals surface area contributed by atoms with Crippen molar-refractivity contribution in [1.29, 1.82) is 0 Å². The van der Waals surface area contributed by atoms with Gasteiger partial charge in [0.05, 0.1) is 10.5 Å². The number of piperidine rings is 1. The zero-order valence-electron chi connectivity index (χ0n) is 18.1. The summed E-state index contributed by atoms with van der Waals surface area (Å²) < 4.78 is 54.4. The highest BCUT2D eigenvalue weighted by Gasteiger charge is 2.27. The lowest BCUT2D eigenvalue weighted by Gasteiger charge is -2.33. The fraction of sp³-hybridized carbons (Fsp3) is 0.364. The second-order valence-electron chi connectivity index (χ2n) is 7.75. The second kappa shape index (κ2) is 10.7. The van der Waals surface area contributed by atoms with Gasteiger partial charge in [-0.15, -0.1) is 0 Å². The van der Waals surface area contributed by atoms with Gasteiger partial charge in [-0.25, -0.2) is 26.7 Å². The van der Waals surface area contributed by atoms with Crippen LogP contribution in [-0.2, 0) is 10.0 Å². The van der Waals surface area contributed by atoms with E-state index in [1.165, 1.54) is 23.1 Å². The van der Waals surface area contributed by atoms with E-state index in [0.29, 0.717) is 18.7 Å². The molecule has 1 heterocycles. The van der Waals surface area contributed by atoms with Crippen LogP contribution in [0.25, 0.3) is 0 Å². The zero-order valence-corrected chi connectivity index (χ0v) is 18.9. The van der Waals surface area contributed by atoms with Crippen molar-refractivity contribution >= 4 is 27.6 Å². The molecular formula is C22H26F2N4O4S. The van der Waals surface area contributed by atoms with Gasteiger partial charge in [-0.05, 0) is 55.2 Å². The highest BCUT2D eigenvalue weighted by atomic mass is 32.2. The lowest BCUT2D eigenvalue weighted by Crippen LogP contribution is -2.44. The van der Waals surface area contributed by atoms with E-state index in [4.69, 9.17) is 0 Å². The summed E-state index contributed by atoms with van der Waals surface area (Å²) in [6, 6.07) is 8.13. The average Bonchev–Trinajstić information content (AvgIpc) is 2.77. The molecule has 3 N–H and O–H groups in total. The van der Waals surface area contributed by atoms with Crippen molar-refractivity contribution in [3.05, 3.63) is 59.7 Å². The number of carbonyl (C=O) groups is 2. The highest BCUT2D eigenvalue weighted by Crippen LogP contribution is 2.22. The molecule has 1 unspecified atom stereocenters. The van der Waals surface area contributed by atoms with Crippen molar-refractivity contribution < 1.29 is 26.8 Å². The fourth-order valence-electron chi connectivity index (χ4n) is 3.67. The molecule has 1 aliphatic heterocycles. The van der Waals surface area contributed by atoms with E-state index < -0.39 is 33.6 Å². The Morgan fingerprint density at radius 1 is 1.15 bits per heavy atom. The minimum Gasteiger partial charge on any atom is -0.338 e. The molecule has 0 spiro atoms. The Hall–Kier alpha value is -3.05. The van der Waals surface area contributed by atoms with Gasteiger partial charge < -0.3 is 15.5 Å². The van der Waals surface area contributed by atoms with Gasteiger partial charge >= 0.3 is 6.03 Å². The van der Waals surface area contributed by atoms with Gasteiger partial charge in [0.2, 0.25) is 10.0 Å². The van der Waals surface area contributed by atoms with Crippen molar-refractivity contribution in [3.63, 3.8) is 0 Å². The molecule has 1 aliphatic rings. The third-order valence-corrected chi connectivity index (χ3v) is 6.80. The SMILES string of the molecule is CCNS(=O)(=O)c1ccc(F)c(C(=O)N2CCCC(CNC(=O)Nc3cccc(F)c3)C2)c1. The van der Waals surface area contributed by atoms with Crippen molar-refractivity contribution in [2.75, 3.05) is 31.5 Å². The summed E-state index contributed by atoms with van der Waals surface area (Å²) in [6.07, 6.45) is 1.40. The van der Waals surface area contributed by atoms with Gasteiger partial charge in [0, 0.05) is 31.9 Å². The van der Waals surface area contributed by atoms with Crippen LogP contribution in [0.15, 0.2) is 47.4 Å². The minimum absolute atomic E-state index is 0.0716. The van der Waals surface area contributed by atoms with E-state index in [1.807, 2.05) is 0 Å². The van der Waals surface area contributed by atoms with Crippen molar-refractivity contribution in [3.8, 4) is 0 Å². The van der Waals surface area contributed by atoms with Gasteiger partial charge in [0.1, 0.15) is 11.6 Å². The summed E-state index contributed by atoms with van der Waals surface area (Å²) in [4.78, 5) is 26.3. The van der Waals surface area contributed by atoms with Gasteiger partial charge in [0.25, 0.3) is 5.91 Å². The van der Waals surface area contributed by atoms with E-state index >= 15 is 0 Å². The van der Waals surface area contributed by atoms with E-state index in [0.717, 1.165) is 24.6 Å². The number of hydrogen-bond acceptors (Lipinski definition) is 4. The maximum atomic E-state index is 14.4. The lowest BCUT2D eigenvalue weighted by atomic mass is 9.97. The van der Waals surface area contributed by atoms with Crippen LogP contribution in [-0.4, -0.2) is 51.4 Å². The van der Waals surface area contributed by atoms with E-state index in [-0.39, 0.29) is 36.0 Å². The molecule has 3 rings (SSSR count). The van der Waals surface area contributed by atoms with Crippen LogP contribution in [0.5, 0.6) is 0 Å². The summed E-state index contributed by atoms with van der Waals surface area (Å²) in [6.45, 7) is 2.73. The third-order valence-electron chi connectivity index (χ3n) is 5.25. The van der Waals surface area contributed by atoms with Crippen molar-refractivity contribution in [2.24, 2.45) is 5.92 Å². The first-order valence-corrected chi connectivity index (χ1v) is 12.1. The van der Waals surface area contributed by atoms with Crippen LogP contribution in [0.4, 0.5) is 19.3 Å². The number of nitrogens with zero attached hydrogens (tertiary/aromatic N) is 1. The molecule has 3 amide bonds. The molecule has 178 valence electrons. The van der Waals surface area contributed by atoms with Crippen LogP contribution in [0, 0.1) is 17.6 Å². The summed E-state index contributed by atoms with van der Waals surface area (Å²) >= 11 is 0. The number of anilines is 1. The summed E-state index contributed by atoms with van der Waals surface area (Å²) in [5.41, 5.74) is 0.00209. The molecule has 0 bridgehead atoms. The molecule has 1 saturated heterocycles. The van der Waals surface area contributed by atoms with Crippen LogP contribution < -0.4 is 15.4 Å². The number of carbonyl (C=O) groups excluding carboxylic acids is 2. The topological polar surface area (TPSA) is 108 Å². The average molecular weight is 481 g/mol. The lowest BCUT2D eigenvalue weighted by molar-refractivity contribution is 0.0670. The smallest absolute Gasteiger partial charge is 0.319 e. The molecule has 0 saturated carbocycles. The number of benzene rings is 2. The maximum Gasteiger partial charge on any atom is 0.319 e. The number of rotatable bonds is 7. The van der Waals surface area contributed by atoms with Crippen LogP contribution in [0.1, 0.15) is 30.1 Å². The normalized spacial score (nSPS) is 16.3. The Morgan fingerprint density at radius 2 is 1.94 bits per heavy atom. The number of sulfonamides is 1. The Bertz CT molecular complexity index is 1130. The summed E-state index contributed by atoms with van der Waals surface area (Å²) in [5.74, 6) is -1.94.